The van der Waals surface area contributed by atoms with Crippen molar-refractivity contribution in [3.63, 3.8) is 0 Å². The minimum Gasteiger partial charge on any atom is -0.508 e. The maximum absolute atomic E-state index is 17.1. The number of halogens is 2. The summed E-state index contributed by atoms with van der Waals surface area (Å²) in [5.74, 6) is -1.57. The maximum atomic E-state index is 17.1. The largest absolute Gasteiger partial charge is 0.508 e. The Hall–Kier alpha value is -7.31. The summed E-state index contributed by atoms with van der Waals surface area (Å²) in [6, 6.07) is 20.6. The van der Waals surface area contributed by atoms with Gasteiger partial charge in [-0.1, -0.05) is 80.6 Å². The lowest BCUT2D eigenvalue weighted by Gasteiger charge is -2.35. The Kier molecular flexibility index (Phi) is 20.7. The number of piperazine rings is 1. The number of β-amino-alcohol motifs (C(OH)–C–C–N with tert-alkyl or cyclic N) is 1. The van der Waals surface area contributed by atoms with E-state index in [9.17, 15) is 24.6 Å². The van der Waals surface area contributed by atoms with Crippen molar-refractivity contribution in [1.29, 1.82) is 0 Å². The molecule has 0 bridgehead atoms. The fourth-order valence-corrected chi connectivity index (χ4v) is 12.8. The fraction of sp³-hybridized carbons (Fsp3) is 0.453. The van der Waals surface area contributed by atoms with Crippen LogP contribution in [0.4, 0.5) is 10.2 Å². The molecular weight excluding hydrogens is 1160 g/mol. The molecule has 3 fully saturated rings. The van der Waals surface area contributed by atoms with E-state index in [2.05, 4.69) is 31.9 Å². The quantitative estimate of drug-likeness (QED) is 0.0358. The Balaban J connectivity index is 0.636. The Bertz CT molecular complexity index is 3540. The highest BCUT2D eigenvalue weighted by Crippen LogP contribution is 2.43. The second-order valence-electron chi connectivity index (χ2n) is 22.7. The summed E-state index contributed by atoms with van der Waals surface area (Å²) in [5.41, 5.74) is 5.31. The SMILES string of the molecule is C=CC(=O)N1CCN(c2nc(O[C@H](C)CN3CCC(OCCOCCOCCOc4cc([C@H](C(=O)N5C[C@H](O)C[C@H]5C(=O)N[C@@H](C)c5ccc(-c6scnc6C)cc5)C(C)C)on4)CC3)nc3c(F)c(-c4cc(O)cc5ccccc45)c(Cl)cc23)CC1. The Morgan fingerprint density at radius 3 is 2.34 bits per heavy atom. The summed E-state index contributed by atoms with van der Waals surface area (Å²) < 4.78 is 52.7. The topological polar surface area (TPSA) is 228 Å². The average Bonchev–Trinajstić information content (AvgIpc) is 1.89. The second kappa shape index (κ2) is 28.7. The molecule has 3 saturated heterocycles. The minimum absolute atomic E-state index is 0.0130. The van der Waals surface area contributed by atoms with Gasteiger partial charge in [-0.15, -0.1) is 11.3 Å². The van der Waals surface area contributed by atoms with E-state index in [4.69, 9.17) is 44.8 Å². The van der Waals surface area contributed by atoms with Crippen LogP contribution in [0.25, 0.3) is 43.2 Å². The molecule has 3 aliphatic rings. The molecule has 23 heteroatoms. The number of ether oxygens (including phenoxy) is 5. The smallest absolute Gasteiger partial charge is 0.319 e. The number of amides is 3. The molecule has 0 spiro atoms. The number of phenolic OH excluding ortho intramolecular Hbond substituents is 1. The predicted molar refractivity (Wildman–Crippen MR) is 330 cm³/mol. The van der Waals surface area contributed by atoms with Crippen LogP contribution in [0.2, 0.25) is 5.02 Å². The number of aryl methyl sites for hydroxylation is 1. The number of aromatic hydroxyl groups is 1. The zero-order valence-corrected chi connectivity index (χ0v) is 51.2. The first-order chi connectivity index (χ1) is 42.0. The summed E-state index contributed by atoms with van der Waals surface area (Å²) in [7, 11) is 0. The summed E-state index contributed by atoms with van der Waals surface area (Å²) >= 11 is 8.51. The van der Waals surface area contributed by atoms with E-state index >= 15 is 4.39 Å². The van der Waals surface area contributed by atoms with Crippen LogP contribution in [0.1, 0.15) is 75.9 Å². The van der Waals surface area contributed by atoms with Crippen molar-refractivity contribution in [2.75, 3.05) is 96.9 Å². The molecule has 5 atom stereocenters. The van der Waals surface area contributed by atoms with Crippen molar-refractivity contribution < 1.29 is 57.2 Å². The van der Waals surface area contributed by atoms with Crippen LogP contribution >= 0.6 is 22.9 Å². The van der Waals surface area contributed by atoms with Gasteiger partial charge in [0.2, 0.25) is 17.7 Å². The third kappa shape index (κ3) is 15.0. The van der Waals surface area contributed by atoms with E-state index in [1.165, 1.54) is 17.0 Å². The number of aromatic nitrogens is 4. The van der Waals surface area contributed by atoms with Crippen molar-refractivity contribution >= 4 is 68.2 Å². The van der Waals surface area contributed by atoms with Gasteiger partial charge in [0.05, 0.1) is 72.4 Å². The zero-order valence-electron chi connectivity index (χ0n) is 49.7. The van der Waals surface area contributed by atoms with Crippen molar-refractivity contribution in [2.45, 2.75) is 90.2 Å². The van der Waals surface area contributed by atoms with Gasteiger partial charge in [-0.25, -0.2) is 9.37 Å². The van der Waals surface area contributed by atoms with Gasteiger partial charge in [0, 0.05) is 75.8 Å². The Morgan fingerprint density at radius 1 is 0.908 bits per heavy atom. The number of thiazole rings is 1. The molecule has 0 unspecified atom stereocenters. The van der Waals surface area contributed by atoms with Crippen molar-refractivity contribution in [3.8, 4) is 39.2 Å². The number of aliphatic hydroxyl groups excluding tert-OH is 1. The van der Waals surface area contributed by atoms with E-state index in [0.29, 0.717) is 87.1 Å². The molecule has 3 N–H and O–H groups in total. The molecule has 10 rings (SSSR count). The molecule has 87 heavy (non-hydrogen) atoms. The molecule has 462 valence electrons. The molecule has 3 amide bonds. The second-order valence-corrected chi connectivity index (χ2v) is 23.9. The first-order valence-electron chi connectivity index (χ1n) is 29.7. The summed E-state index contributed by atoms with van der Waals surface area (Å²) in [6.45, 7) is 19.1. The number of aliphatic hydroxyl groups is 1. The number of piperidine rings is 1. The fourth-order valence-electron chi connectivity index (χ4n) is 11.7. The number of phenols is 1. The number of carbonyl (C=O) groups is 3. The van der Waals surface area contributed by atoms with Crippen LogP contribution in [0.5, 0.6) is 17.6 Å². The Labute approximate surface area is 514 Å². The zero-order chi connectivity index (χ0) is 61.3. The summed E-state index contributed by atoms with van der Waals surface area (Å²) in [5, 5.41) is 30.5. The molecule has 0 aliphatic carbocycles. The molecule has 0 saturated carbocycles. The lowest BCUT2D eigenvalue weighted by molar-refractivity contribution is -0.141. The standard InChI is InChI=1S/C64H75ClFN9O11S/c1-7-55(78)73-20-22-74(23-21-73)61-50-33-51(65)57(49-31-45(76)30-44-10-8-9-11-48(44)49)58(66)59(50)69-64(70-61)85-39(4)35-72-18-16-47(17-19-72)83-28-26-81-24-25-82-27-29-84-54-34-53(86-71-54)56(38(2)3)63(80)75-36-46(77)32-52(75)62(79)68-40(5)42-12-14-43(15-13-42)60-41(6)67-37-87-60/h7-15,30-31,33-34,37-40,46-47,52,56,76-77H,1,16-29,32,35-36H2,2-6H3,(H,68,79)/t39-,40+,46-,52+,56-/m1/s1. The van der Waals surface area contributed by atoms with Crippen molar-refractivity contribution in [1.82, 2.24) is 40.1 Å². The van der Waals surface area contributed by atoms with E-state index in [1.54, 1.807) is 34.4 Å². The number of likely N-dealkylation sites (tertiary alicyclic amines) is 2. The number of nitrogens with zero attached hydrogens (tertiary/aromatic N) is 8. The molecule has 3 aliphatic heterocycles. The summed E-state index contributed by atoms with van der Waals surface area (Å²) in [6.07, 6.45) is 1.91. The van der Waals surface area contributed by atoms with Gasteiger partial charge in [-0.05, 0) is 96.4 Å². The van der Waals surface area contributed by atoms with Crippen LogP contribution in [0.15, 0.2) is 95.5 Å². The number of rotatable bonds is 25. The number of nitrogens with one attached hydrogen (secondary N) is 1. The normalized spacial score (nSPS) is 17.9. The number of carbonyl (C=O) groups excluding carboxylic acids is 3. The summed E-state index contributed by atoms with van der Waals surface area (Å²) in [4.78, 5) is 62.7. The minimum atomic E-state index is -0.861. The lowest BCUT2D eigenvalue weighted by Crippen LogP contribution is -2.48. The third-order valence-electron chi connectivity index (χ3n) is 16.2. The third-order valence-corrected chi connectivity index (χ3v) is 17.5. The van der Waals surface area contributed by atoms with Gasteiger partial charge in [-0.2, -0.15) is 9.97 Å². The van der Waals surface area contributed by atoms with Crippen molar-refractivity contribution in [3.05, 3.63) is 119 Å². The number of hydrogen-bond donors (Lipinski definition) is 3. The van der Waals surface area contributed by atoms with Gasteiger partial charge >= 0.3 is 6.01 Å². The highest BCUT2D eigenvalue weighted by molar-refractivity contribution is 7.13. The number of anilines is 1. The number of benzene rings is 4. The van der Waals surface area contributed by atoms with Gasteiger partial charge in [0.1, 0.15) is 41.8 Å². The lowest BCUT2D eigenvalue weighted by atomic mass is 9.91. The van der Waals surface area contributed by atoms with E-state index in [1.807, 2.05) is 93.6 Å². The Morgan fingerprint density at radius 2 is 1.63 bits per heavy atom. The molecule has 20 nitrogen and oxygen atoms in total. The maximum Gasteiger partial charge on any atom is 0.319 e. The van der Waals surface area contributed by atoms with Gasteiger partial charge in [0.15, 0.2) is 11.6 Å². The molecule has 7 aromatic rings. The van der Waals surface area contributed by atoms with E-state index in [0.717, 1.165) is 53.0 Å². The molecule has 6 heterocycles. The highest BCUT2D eigenvalue weighted by atomic mass is 35.5. The molecule has 3 aromatic heterocycles. The number of hydrogen-bond acceptors (Lipinski definition) is 18. The van der Waals surface area contributed by atoms with E-state index in [-0.39, 0.29) is 102 Å². The van der Waals surface area contributed by atoms with Crippen LogP contribution in [0.3, 0.4) is 0 Å². The van der Waals surface area contributed by atoms with E-state index < -0.39 is 23.9 Å². The monoisotopic (exact) mass is 1230 g/mol. The highest BCUT2D eigenvalue weighted by Gasteiger charge is 2.44. The van der Waals surface area contributed by atoms with Crippen LogP contribution in [0, 0.1) is 18.7 Å². The first kappa shape index (κ1) is 62.7. The van der Waals surface area contributed by atoms with Gasteiger partial charge in [0.25, 0.3) is 5.88 Å². The number of fused-ring (bicyclic) bond motifs is 2. The van der Waals surface area contributed by atoms with Crippen LogP contribution in [-0.2, 0) is 28.6 Å². The first-order valence-corrected chi connectivity index (χ1v) is 30.9. The van der Waals surface area contributed by atoms with Crippen LogP contribution in [-0.4, -0.2) is 179 Å². The predicted octanol–water partition coefficient (Wildman–Crippen LogP) is 9.14. The van der Waals surface area contributed by atoms with Crippen molar-refractivity contribution in [2.24, 2.45) is 5.92 Å². The average molecular weight is 1230 g/mol. The molecule has 0 radical (unpaired) electrons. The van der Waals surface area contributed by atoms with Gasteiger partial charge in [-0.3, -0.25) is 19.3 Å². The van der Waals surface area contributed by atoms with Crippen LogP contribution < -0.4 is 19.7 Å². The molecular formula is C64H75ClFN9O11S. The molecule has 4 aromatic carbocycles. The van der Waals surface area contributed by atoms with Gasteiger partial charge < -0.3 is 58.4 Å².